The minimum absolute atomic E-state index is 0.0284. The van der Waals surface area contributed by atoms with Gasteiger partial charge in [-0.05, 0) is 44.0 Å². The van der Waals surface area contributed by atoms with Crippen LogP contribution in [0.2, 0.25) is 0 Å². The number of aryl methyl sites for hydroxylation is 3. The van der Waals surface area contributed by atoms with E-state index < -0.39 is 9.84 Å². The molecule has 0 radical (unpaired) electrons. The van der Waals surface area contributed by atoms with Crippen molar-refractivity contribution < 1.29 is 13.2 Å². The van der Waals surface area contributed by atoms with Crippen molar-refractivity contribution in [1.29, 1.82) is 0 Å². The molecule has 0 unspecified atom stereocenters. The molecule has 27 heavy (non-hydrogen) atoms. The SMILES string of the molecule is Cc1ccc(N2C(=O)N(Cc3cc(C)ccc3C)[C@@H]3CS(=O)(=O)C[C@H]32)cc1. The highest BCUT2D eigenvalue weighted by Crippen LogP contribution is 2.36. The molecule has 2 aromatic carbocycles. The van der Waals surface area contributed by atoms with Gasteiger partial charge >= 0.3 is 6.03 Å². The Hall–Kier alpha value is -2.34. The van der Waals surface area contributed by atoms with Crippen LogP contribution in [-0.2, 0) is 16.4 Å². The van der Waals surface area contributed by atoms with Crippen LogP contribution in [0, 0.1) is 20.8 Å². The predicted molar refractivity (Wildman–Crippen MR) is 107 cm³/mol. The van der Waals surface area contributed by atoms with E-state index in [0.717, 1.165) is 27.9 Å². The summed E-state index contributed by atoms with van der Waals surface area (Å²) >= 11 is 0. The minimum Gasteiger partial charge on any atom is -0.314 e. The Morgan fingerprint density at radius 3 is 2.26 bits per heavy atom. The summed E-state index contributed by atoms with van der Waals surface area (Å²) in [7, 11) is -3.16. The third kappa shape index (κ3) is 3.23. The lowest BCUT2D eigenvalue weighted by molar-refractivity contribution is 0.205. The fourth-order valence-electron chi connectivity index (χ4n) is 4.12. The van der Waals surface area contributed by atoms with Crippen LogP contribution in [0.5, 0.6) is 0 Å². The molecule has 2 aromatic rings. The van der Waals surface area contributed by atoms with Crippen LogP contribution in [0.4, 0.5) is 10.5 Å². The molecular formula is C21H24N2O3S. The van der Waals surface area contributed by atoms with Crippen molar-refractivity contribution in [2.45, 2.75) is 39.4 Å². The van der Waals surface area contributed by atoms with Crippen LogP contribution in [-0.4, -0.2) is 42.9 Å². The third-order valence-electron chi connectivity index (χ3n) is 5.63. The number of anilines is 1. The number of carbonyl (C=O) groups is 1. The first-order valence-electron chi connectivity index (χ1n) is 9.18. The van der Waals surface area contributed by atoms with E-state index in [1.54, 1.807) is 9.80 Å². The standard InChI is InChI=1S/C21H24N2O3S/c1-14-5-8-18(9-6-14)23-20-13-27(25,26)12-19(20)22(21(23)24)11-17-10-15(2)4-7-16(17)3/h4-10,19-20H,11-13H2,1-3H3/t19-,20-/m1/s1. The molecule has 2 saturated heterocycles. The van der Waals surface area contributed by atoms with Crippen LogP contribution >= 0.6 is 0 Å². The summed E-state index contributed by atoms with van der Waals surface area (Å²) in [4.78, 5) is 16.7. The first-order chi connectivity index (χ1) is 12.7. The van der Waals surface area contributed by atoms with Crippen molar-refractivity contribution in [2.24, 2.45) is 0 Å². The Labute approximate surface area is 160 Å². The lowest BCUT2D eigenvalue weighted by atomic mass is 10.0. The molecule has 6 heteroatoms. The highest BCUT2D eigenvalue weighted by molar-refractivity contribution is 7.91. The van der Waals surface area contributed by atoms with Gasteiger partial charge in [-0.25, -0.2) is 13.2 Å². The molecule has 2 amide bonds. The fourth-order valence-corrected chi connectivity index (χ4v) is 6.07. The van der Waals surface area contributed by atoms with E-state index in [2.05, 4.69) is 6.07 Å². The summed E-state index contributed by atoms with van der Waals surface area (Å²) in [6.45, 7) is 6.47. The van der Waals surface area contributed by atoms with Crippen molar-refractivity contribution in [1.82, 2.24) is 4.90 Å². The van der Waals surface area contributed by atoms with Gasteiger partial charge < -0.3 is 4.90 Å². The second-order valence-electron chi connectivity index (χ2n) is 7.76. The van der Waals surface area contributed by atoms with E-state index in [4.69, 9.17) is 0 Å². The van der Waals surface area contributed by atoms with Crippen molar-refractivity contribution in [3.05, 3.63) is 64.7 Å². The van der Waals surface area contributed by atoms with Gasteiger partial charge in [-0.1, -0.05) is 41.5 Å². The van der Waals surface area contributed by atoms with Gasteiger partial charge in [0.05, 0.1) is 23.6 Å². The lowest BCUT2D eigenvalue weighted by Crippen LogP contribution is -2.37. The summed E-state index contributed by atoms with van der Waals surface area (Å²) in [6.07, 6.45) is 0. The number of benzene rings is 2. The van der Waals surface area contributed by atoms with Gasteiger partial charge in [0.1, 0.15) is 0 Å². The zero-order chi connectivity index (χ0) is 19.3. The average molecular weight is 385 g/mol. The smallest absolute Gasteiger partial charge is 0.314 e. The number of nitrogens with zero attached hydrogens (tertiary/aromatic N) is 2. The Morgan fingerprint density at radius 2 is 1.56 bits per heavy atom. The molecule has 5 nitrogen and oxygen atoms in total. The molecule has 0 aliphatic carbocycles. The second kappa shape index (κ2) is 6.37. The number of hydrogen-bond acceptors (Lipinski definition) is 3. The Morgan fingerprint density at radius 1 is 0.926 bits per heavy atom. The van der Waals surface area contributed by atoms with Crippen LogP contribution < -0.4 is 4.90 Å². The van der Waals surface area contributed by atoms with E-state index in [1.165, 1.54) is 0 Å². The van der Waals surface area contributed by atoms with Crippen molar-refractivity contribution >= 4 is 21.6 Å². The molecule has 2 aliphatic heterocycles. The van der Waals surface area contributed by atoms with Gasteiger partial charge in [-0.3, -0.25) is 4.90 Å². The Bertz CT molecular complexity index is 999. The number of amides is 2. The van der Waals surface area contributed by atoms with Gasteiger partial charge in [-0.15, -0.1) is 0 Å². The zero-order valence-corrected chi connectivity index (χ0v) is 16.7. The van der Waals surface area contributed by atoms with Crippen molar-refractivity contribution in [3.8, 4) is 0 Å². The first kappa shape index (κ1) is 18.0. The Kier molecular flexibility index (Phi) is 4.26. The van der Waals surface area contributed by atoms with Crippen molar-refractivity contribution in [2.75, 3.05) is 16.4 Å². The molecule has 2 atom stereocenters. The summed E-state index contributed by atoms with van der Waals surface area (Å²) in [5.41, 5.74) is 5.18. The van der Waals surface area contributed by atoms with E-state index >= 15 is 0 Å². The number of rotatable bonds is 3. The van der Waals surface area contributed by atoms with Crippen LogP contribution in [0.15, 0.2) is 42.5 Å². The molecule has 2 fully saturated rings. The van der Waals surface area contributed by atoms with Crippen molar-refractivity contribution in [3.63, 3.8) is 0 Å². The molecule has 2 heterocycles. The molecule has 0 aromatic heterocycles. The number of fused-ring (bicyclic) bond motifs is 1. The lowest BCUT2D eigenvalue weighted by Gasteiger charge is -2.23. The molecule has 2 aliphatic rings. The van der Waals surface area contributed by atoms with Gasteiger partial charge in [0.15, 0.2) is 9.84 Å². The topological polar surface area (TPSA) is 57.7 Å². The van der Waals surface area contributed by atoms with Gasteiger partial charge in [0.25, 0.3) is 0 Å². The zero-order valence-electron chi connectivity index (χ0n) is 15.8. The van der Waals surface area contributed by atoms with Gasteiger partial charge in [-0.2, -0.15) is 0 Å². The van der Waals surface area contributed by atoms with Crippen LogP contribution in [0.25, 0.3) is 0 Å². The molecule has 142 valence electrons. The van der Waals surface area contributed by atoms with Crippen LogP contribution in [0.3, 0.4) is 0 Å². The number of sulfone groups is 1. The van der Waals surface area contributed by atoms with Gasteiger partial charge in [0, 0.05) is 12.2 Å². The largest absolute Gasteiger partial charge is 0.325 e. The van der Waals surface area contributed by atoms with E-state index in [9.17, 15) is 13.2 Å². The van der Waals surface area contributed by atoms with E-state index in [-0.39, 0.29) is 29.6 Å². The average Bonchev–Trinajstić information content (AvgIpc) is 3.03. The normalized spacial score (nSPS) is 23.7. The second-order valence-corrected chi connectivity index (χ2v) is 9.91. The molecule has 0 N–H and O–H groups in total. The van der Waals surface area contributed by atoms with E-state index in [0.29, 0.717) is 6.54 Å². The quantitative estimate of drug-likeness (QED) is 0.764. The maximum Gasteiger partial charge on any atom is 0.325 e. The maximum atomic E-state index is 13.3. The summed E-state index contributed by atoms with van der Waals surface area (Å²) < 4.78 is 24.7. The third-order valence-corrected chi connectivity index (χ3v) is 7.33. The van der Waals surface area contributed by atoms with Gasteiger partial charge in [0.2, 0.25) is 0 Å². The first-order valence-corrected chi connectivity index (χ1v) is 11.0. The summed E-state index contributed by atoms with van der Waals surface area (Å²) in [5.74, 6) is 0.0667. The number of urea groups is 1. The summed E-state index contributed by atoms with van der Waals surface area (Å²) in [5, 5.41) is 0. The number of carbonyl (C=O) groups excluding carboxylic acids is 1. The molecule has 0 saturated carbocycles. The fraction of sp³-hybridized carbons (Fsp3) is 0.381. The molecule has 0 spiro atoms. The predicted octanol–water partition coefficient (Wildman–Crippen LogP) is 3.22. The monoisotopic (exact) mass is 384 g/mol. The molecule has 4 rings (SSSR count). The van der Waals surface area contributed by atoms with E-state index in [1.807, 2.05) is 57.2 Å². The minimum atomic E-state index is -3.16. The summed E-state index contributed by atoms with van der Waals surface area (Å²) in [6, 6.07) is 13.1. The highest BCUT2D eigenvalue weighted by Gasteiger charge is 2.53. The Balaban J connectivity index is 1.72. The highest BCUT2D eigenvalue weighted by atomic mass is 32.2. The molecule has 0 bridgehead atoms. The number of hydrogen-bond donors (Lipinski definition) is 0. The molecular weight excluding hydrogens is 360 g/mol. The maximum absolute atomic E-state index is 13.3. The van der Waals surface area contributed by atoms with Crippen LogP contribution in [0.1, 0.15) is 22.3 Å².